The Labute approximate surface area is 134 Å². The quantitative estimate of drug-likeness (QED) is 0.784. The van der Waals surface area contributed by atoms with Crippen molar-refractivity contribution in [3.63, 3.8) is 0 Å². The highest BCUT2D eigenvalue weighted by Gasteiger charge is 2.23. The highest BCUT2D eigenvalue weighted by molar-refractivity contribution is 7.99. The van der Waals surface area contributed by atoms with Gasteiger partial charge in [-0.25, -0.2) is 0 Å². The minimum atomic E-state index is 0.199. The number of halogens is 2. The van der Waals surface area contributed by atoms with Crippen LogP contribution in [-0.4, -0.2) is 29.6 Å². The summed E-state index contributed by atoms with van der Waals surface area (Å²) >= 11 is 13.8. The molecule has 1 saturated carbocycles. The number of hydrogen-bond acceptors (Lipinski definition) is 2. The topological polar surface area (TPSA) is 20.3 Å². The molecule has 0 unspecified atom stereocenters. The van der Waals surface area contributed by atoms with Crippen LogP contribution in [0.3, 0.4) is 0 Å². The lowest BCUT2D eigenvalue weighted by atomic mass is 10.2. The molecule has 20 heavy (non-hydrogen) atoms. The van der Waals surface area contributed by atoms with Crippen molar-refractivity contribution >= 4 is 40.9 Å². The summed E-state index contributed by atoms with van der Waals surface area (Å²) in [6.45, 7) is 0. The van der Waals surface area contributed by atoms with Crippen LogP contribution in [0.1, 0.15) is 31.2 Å². The van der Waals surface area contributed by atoms with Crippen LogP contribution >= 0.6 is 35.0 Å². The lowest BCUT2D eigenvalue weighted by Crippen LogP contribution is -2.36. The van der Waals surface area contributed by atoms with Gasteiger partial charge < -0.3 is 4.90 Å². The Bertz CT molecular complexity index is 455. The molecular formula is C15H19Cl2NOS. The Morgan fingerprint density at radius 3 is 2.50 bits per heavy atom. The molecule has 0 radical (unpaired) electrons. The summed E-state index contributed by atoms with van der Waals surface area (Å²) in [7, 11) is 1.92. The average Bonchev–Trinajstić information content (AvgIpc) is 2.95. The highest BCUT2D eigenvalue weighted by Crippen LogP contribution is 2.28. The van der Waals surface area contributed by atoms with Gasteiger partial charge in [-0.1, -0.05) is 42.1 Å². The molecule has 1 amide bonds. The molecule has 0 spiro atoms. The number of nitrogens with zero attached hydrogens (tertiary/aromatic N) is 1. The van der Waals surface area contributed by atoms with Gasteiger partial charge in [0.2, 0.25) is 5.91 Å². The second-order valence-corrected chi connectivity index (χ2v) is 6.94. The zero-order valence-electron chi connectivity index (χ0n) is 11.6. The standard InChI is InChI=1S/C15H19Cl2NOS/c1-18(11-5-2-3-6-11)15(19)10-20-9-12-13(16)7-4-8-14(12)17/h4,7-8,11H,2-3,5-6,9-10H2,1H3. The molecule has 1 aliphatic rings. The van der Waals surface area contributed by atoms with Crippen molar-refractivity contribution in [1.29, 1.82) is 0 Å². The Kier molecular flexibility index (Phi) is 6.06. The molecule has 1 aromatic carbocycles. The SMILES string of the molecule is CN(C(=O)CSCc1c(Cl)cccc1Cl)C1CCCC1. The van der Waals surface area contributed by atoms with E-state index < -0.39 is 0 Å². The predicted octanol–water partition coefficient (Wildman–Crippen LogP) is 4.63. The fourth-order valence-corrected chi connectivity index (χ4v) is 4.19. The van der Waals surface area contributed by atoms with E-state index in [1.165, 1.54) is 12.8 Å². The number of rotatable bonds is 5. The van der Waals surface area contributed by atoms with Crippen LogP contribution in [0.2, 0.25) is 10.0 Å². The molecule has 2 nitrogen and oxygen atoms in total. The first kappa shape index (κ1) is 16.0. The summed E-state index contributed by atoms with van der Waals surface area (Å²) in [6.07, 6.45) is 4.77. The summed E-state index contributed by atoms with van der Waals surface area (Å²) in [5.41, 5.74) is 0.914. The molecule has 5 heteroatoms. The van der Waals surface area contributed by atoms with E-state index in [0.717, 1.165) is 18.4 Å². The van der Waals surface area contributed by atoms with E-state index in [-0.39, 0.29) is 5.91 Å². The molecule has 2 rings (SSSR count). The molecule has 0 bridgehead atoms. The van der Waals surface area contributed by atoms with E-state index in [1.54, 1.807) is 11.8 Å². The van der Waals surface area contributed by atoms with E-state index in [9.17, 15) is 4.79 Å². The zero-order valence-corrected chi connectivity index (χ0v) is 13.9. The lowest BCUT2D eigenvalue weighted by Gasteiger charge is -2.24. The monoisotopic (exact) mass is 331 g/mol. The molecule has 0 aromatic heterocycles. The first-order valence-corrected chi connectivity index (χ1v) is 8.77. The summed E-state index contributed by atoms with van der Waals surface area (Å²) in [5.74, 6) is 1.35. The van der Waals surface area contributed by atoms with Crippen molar-refractivity contribution in [3.8, 4) is 0 Å². The smallest absolute Gasteiger partial charge is 0.232 e. The Morgan fingerprint density at radius 1 is 1.30 bits per heavy atom. The molecule has 1 aromatic rings. The number of hydrogen-bond donors (Lipinski definition) is 0. The van der Waals surface area contributed by atoms with Crippen LogP contribution in [0.5, 0.6) is 0 Å². The molecule has 0 saturated heterocycles. The fraction of sp³-hybridized carbons (Fsp3) is 0.533. The summed E-state index contributed by atoms with van der Waals surface area (Å²) in [6, 6.07) is 5.93. The number of benzene rings is 1. The van der Waals surface area contributed by atoms with Gasteiger partial charge in [-0.15, -0.1) is 11.8 Å². The normalized spacial score (nSPS) is 15.6. The van der Waals surface area contributed by atoms with Gasteiger partial charge in [0.25, 0.3) is 0 Å². The van der Waals surface area contributed by atoms with Crippen LogP contribution in [0.15, 0.2) is 18.2 Å². The van der Waals surface area contributed by atoms with Crippen molar-refractivity contribution in [1.82, 2.24) is 4.90 Å². The van der Waals surface area contributed by atoms with Gasteiger partial charge in [0.15, 0.2) is 0 Å². The summed E-state index contributed by atoms with van der Waals surface area (Å²) < 4.78 is 0. The first-order chi connectivity index (χ1) is 9.59. The molecule has 1 aliphatic carbocycles. The second kappa shape index (κ2) is 7.58. The molecule has 110 valence electrons. The molecular weight excluding hydrogens is 313 g/mol. The maximum atomic E-state index is 12.1. The first-order valence-electron chi connectivity index (χ1n) is 6.86. The van der Waals surface area contributed by atoms with Gasteiger partial charge in [-0.3, -0.25) is 4.79 Å². The third kappa shape index (κ3) is 4.06. The molecule has 0 atom stereocenters. The highest BCUT2D eigenvalue weighted by atomic mass is 35.5. The van der Waals surface area contributed by atoms with Gasteiger partial charge in [0, 0.05) is 28.9 Å². The van der Waals surface area contributed by atoms with Crippen molar-refractivity contribution in [2.75, 3.05) is 12.8 Å². The van der Waals surface area contributed by atoms with E-state index in [0.29, 0.717) is 27.6 Å². The number of thioether (sulfide) groups is 1. The number of carbonyl (C=O) groups excluding carboxylic acids is 1. The molecule has 0 heterocycles. The fourth-order valence-electron chi connectivity index (χ4n) is 2.51. The minimum absolute atomic E-state index is 0.199. The van der Waals surface area contributed by atoms with Crippen molar-refractivity contribution < 1.29 is 4.79 Å². The molecule has 0 N–H and O–H groups in total. The summed E-state index contributed by atoms with van der Waals surface area (Å²) in [5, 5.41) is 1.34. The van der Waals surface area contributed by atoms with Crippen molar-refractivity contribution in [2.24, 2.45) is 0 Å². The minimum Gasteiger partial charge on any atom is -0.342 e. The maximum absolute atomic E-state index is 12.1. The largest absolute Gasteiger partial charge is 0.342 e. The Morgan fingerprint density at radius 2 is 1.90 bits per heavy atom. The van der Waals surface area contributed by atoms with E-state index in [4.69, 9.17) is 23.2 Å². The second-order valence-electron chi connectivity index (χ2n) is 5.14. The van der Waals surface area contributed by atoms with Crippen LogP contribution in [0.4, 0.5) is 0 Å². The predicted molar refractivity (Wildman–Crippen MR) is 87.7 cm³/mol. The van der Waals surface area contributed by atoms with E-state index in [1.807, 2.05) is 30.1 Å². The van der Waals surface area contributed by atoms with E-state index >= 15 is 0 Å². The van der Waals surface area contributed by atoms with Crippen molar-refractivity contribution in [3.05, 3.63) is 33.8 Å². The van der Waals surface area contributed by atoms with E-state index in [2.05, 4.69) is 0 Å². The Hall–Kier alpha value is -0.380. The number of amides is 1. The van der Waals surface area contributed by atoms with Crippen LogP contribution in [0, 0.1) is 0 Å². The third-order valence-corrected chi connectivity index (χ3v) is 5.45. The zero-order chi connectivity index (χ0) is 14.5. The lowest BCUT2D eigenvalue weighted by molar-refractivity contribution is -0.129. The molecule has 1 fully saturated rings. The van der Waals surface area contributed by atoms with Crippen LogP contribution < -0.4 is 0 Å². The maximum Gasteiger partial charge on any atom is 0.232 e. The summed E-state index contributed by atoms with van der Waals surface area (Å²) in [4.78, 5) is 14.0. The number of carbonyl (C=O) groups is 1. The van der Waals surface area contributed by atoms with Gasteiger partial charge in [0.1, 0.15) is 0 Å². The molecule has 0 aliphatic heterocycles. The van der Waals surface area contributed by atoms with Crippen molar-refractivity contribution in [2.45, 2.75) is 37.5 Å². The van der Waals surface area contributed by atoms with Gasteiger partial charge >= 0.3 is 0 Å². The third-order valence-electron chi connectivity index (χ3n) is 3.80. The Balaban J connectivity index is 1.82. The van der Waals surface area contributed by atoms with Crippen LogP contribution in [0.25, 0.3) is 0 Å². The average molecular weight is 332 g/mol. The van der Waals surface area contributed by atoms with Gasteiger partial charge in [0.05, 0.1) is 5.75 Å². The van der Waals surface area contributed by atoms with Crippen LogP contribution in [-0.2, 0) is 10.5 Å². The van der Waals surface area contributed by atoms with Gasteiger partial charge in [-0.2, -0.15) is 0 Å². The van der Waals surface area contributed by atoms with Gasteiger partial charge in [-0.05, 0) is 30.5 Å².